The highest BCUT2D eigenvalue weighted by Crippen LogP contribution is 2.20. The topological polar surface area (TPSA) is 15.6 Å². The zero-order chi connectivity index (χ0) is 15.2. The number of nitrogens with zero attached hydrogens (tertiary/aromatic N) is 2. The lowest BCUT2D eigenvalue weighted by molar-refractivity contribution is 0.866. The molecule has 0 saturated heterocycles. The Kier molecular flexibility index (Phi) is 5.79. The Bertz CT molecular complexity index is 614. The normalized spacial score (nSPS) is 11.0. The van der Waals surface area contributed by atoms with Gasteiger partial charge in [0.25, 0.3) is 0 Å². The molecule has 0 bridgehead atoms. The fraction of sp³-hybridized carbons (Fsp3) is 0.278. The van der Waals surface area contributed by atoms with Crippen molar-refractivity contribution < 1.29 is 0 Å². The molecule has 3 heteroatoms. The molecule has 0 fully saturated rings. The highest BCUT2D eigenvalue weighted by molar-refractivity contribution is 14.1. The molecule has 2 rings (SSSR count). The van der Waals surface area contributed by atoms with Crippen LogP contribution in [0.5, 0.6) is 0 Å². The predicted molar refractivity (Wildman–Crippen MR) is 101 cm³/mol. The van der Waals surface area contributed by atoms with Crippen molar-refractivity contribution >= 4 is 40.2 Å². The summed E-state index contributed by atoms with van der Waals surface area (Å²) in [5.41, 5.74) is 4.68. The van der Waals surface area contributed by atoms with Gasteiger partial charge in [-0.2, -0.15) is 0 Å². The monoisotopic (exact) mass is 392 g/mol. The summed E-state index contributed by atoms with van der Waals surface area (Å²) < 4.78 is 1.25. The number of hydrogen-bond donors (Lipinski definition) is 0. The van der Waals surface area contributed by atoms with Gasteiger partial charge in [-0.3, -0.25) is 4.99 Å². The first kappa shape index (κ1) is 16.0. The van der Waals surface area contributed by atoms with Crippen LogP contribution in [0.1, 0.15) is 25.0 Å². The molecule has 0 spiro atoms. The maximum Gasteiger partial charge on any atom is 0.0640 e. The van der Waals surface area contributed by atoms with Crippen LogP contribution in [-0.2, 0) is 0 Å². The number of rotatable bonds is 5. The van der Waals surface area contributed by atoms with Crippen molar-refractivity contribution in [2.24, 2.45) is 4.99 Å². The van der Waals surface area contributed by atoms with Gasteiger partial charge in [-0.05, 0) is 78.8 Å². The van der Waals surface area contributed by atoms with Crippen LogP contribution in [0, 0.1) is 10.5 Å². The van der Waals surface area contributed by atoms with Gasteiger partial charge in [0, 0.05) is 28.6 Å². The average Bonchev–Trinajstić information content (AvgIpc) is 2.51. The lowest BCUT2D eigenvalue weighted by Crippen LogP contribution is -2.21. The fourth-order valence-electron chi connectivity index (χ4n) is 2.17. The van der Waals surface area contributed by atoms with Crippen LogP contribution in [0.15, 0.2) is 47.5 Å². The van der Waals surface area contributed by atoms with E-state index in [1.165, 1.54) is 14.8 Å². The quantitative estimate of drug-likeness (QED) is 0.505. The number of aryl methyl sites for hydroxylation is 1. The van der Waals surface area contributed by atoms with Crippen LogP contribution in [0.4, 0.5) is 11.4 Å². The van der Waals surface area contributed by atoms with E-state index in [0.717, 1.165) is 24.3 Å². The van der Waals surface area contributed by atoms with E-state index in [2.05, 4.69) is 95.7 Å². The van der Waals surface area contributed by atoms with Crippen molar-refractivity contribution in [2.45, 2.75) is 20.8 Å². The molecule has 2 aromatic carbocycles. The molecule has 2 nitrogen and oxygen atoms in total. The first-order valence-corrected chi connectivity index (χ1v) is 8.37. The van der Waals surface area contributed by atoms with Crippen LogP contribution in [0.2, 0.25) is 0 Å². The van der Waals surface area contributed by atoms with E-state index in [4.69, 9.17) is 0 Å². The minimum atomic E-state index is 0.998. The van der Waals surface area contributed by atoms with Crippen molar-refractivity contribution in [2.75, 3.05) is 18.0 Å². The summed E-state index contributed by atoms with van der Waals surface area (Å²) >= 11 is 2.34. The second-order valence-corrected chi connectivity index (χ2v) is 6.12. The zero-order valence-electron chi connectivity index (χ0n) is 12.8. The lowest BCUT2D eigenvalue weighted by Gasteiger charge is -2.20. The molecule has 0 aromatic heterocycles. The highest BCUT2D eigenvalue weighted by Gasteiger charge is 2.00. The van der Waals surface area contributed by atoms with Gasteiger partial charge < -0.3 is 4.90 Å². The molecule has 21 heavy (non-hydrogen) atoms. The molecule has 0 unspecified atom stereocenters. The molecule has 0 N–H and O–H groups in total. The summed E-state index contributed by atoms with van der Waals surface area (Å²) in [6.45, 7) is 8.54. The summed E-state index contributed by atoms with van der Waals surface area (Å²) in [4.78, 5) is 6.89. The van der Waals surface area contributed by atoms with Crippen molar-refractivity contribution in [3.05, 3.63) is 57.2 Å². The van der Waals surface area contributed by atoms with E-state index in [1.807, 2.05) is 6.21 Å². The molecule has 0 saturated carbocycles. The molecule has 0 aliphatic rings. The Labute approximate surface area is 141 Å². The third kappa shape index (κ3) is 4.30. The molecular formula is C18H21IN2. The minimum Gasteiger partial charge on any atom is -0.372 e. The summed E-state index contributed by atoms with van der Waals surface area (Å²) in [5, 5.41) is 0. The first-order chi connectivity index (χ1) is 10.1. The van der Waals surface area contributed by atoms with Crippen molar-refractivity contribution in [1.29, 1.82) is 0 Å². The Morgan fingerprint density at radius 3 is 2.29 bits per heavy atom. The molecule has 0 amide bonds. The van der Waals surface area contributed by atoms with E-state index >= 15 is 0 Å². The number of hydrogen-bond acceptors (Lipinski definition) is 2. The van der Waals surface area contributed by atoms with Crippen LogP contribution in [0.25, 0.3) is 0 Å². The molecule has 0 aliphatic heterocycles. The predicted octanol–water partition coefficient (Wildman–Crippen LogP) is 5.20. The molecule has 110 valence electrons. The van der Waals surface area contributed by atoms with Gasteiger partial charge in [0.2, 0.25) is 0 Å². The first-order valence-electron chi connectivity index (χ1n) is 7.29. The van der Waals surface area contributed by atoms with Gasteiger partial charge in [0.1, 0.15) is 0 Å². The highest BCUT2D eigenvalue weighted by atomic mass is 127. The minimum absolute atomic E-state index is 0.998. The molecule has 0 heterocycles. The standard InChI is InChI=1S/C18H21IN2/c1-4-21(5-2)17-10-7-15(8-11-17)13-20-16-9-6-14(3)18(19)12-16/h6-13H,4-5H2,1-3H3. The van der Waals surface area contributed by atoms with E-state index < -0.39 is 0 Å². The summed E-state index contributed by atoms with van der Waals surface area (Å²) in [6.07, 6.45) is 1.92. The molecule has 0 aliphatic carbocycles. The third-order valence-electron chi connectivity index (χ3n) is 3.54. The van der Waals surface area contributed by atoms with Crippen LogP contribution < -0.4 is 4.90 Å². The molecule has 0 radical (unpaired) electrons. The molecule has 2 aromatic rings. The SMILES string of the molecule is CCN(CC)c1ccc(C=Nc2ccc(C)c(I)c2)cc1. The Morgan fingerprint density at radius 2 is 1.71 bits per heavy atom. The van der Waals surface area contributed by atoms with E-state index in [0.29, 0.717) is 0 Å². The van der Waals surface area contributed by atoms with E-state index in [1.54, 1.807) is 0 Å². The largest absolute Gasteiger partial charge is 0.372 e. The van der Waals surface area contributed by atoms with Gasteiger partial charge in [0.15, 0.2) is 0 Å². The number of halogens is 1. The van der Waals surface area contributed by atoms with Crippen molar-refractivity contribution in [3.8, 4) is 0 Å². The maximum atomic E-state index is 4.55. The Balaban J connectivity index is 2.12. The fourth-order valence-corrected chi connectivity index (χ4v) is 2.67. The summed E-state index contributed by atoms with van der Waals surface area (Å²) in [7, 11) is 0. The number of benzene rings is 2. The Hall–Kier alpha value is -1.36. The van der Waals surface area contributed by atoms with Gasteiger partial charge >= 0.3 is 0 Å². The van der Waals surface area contributed by atoms with Gasteiger partial charge in [-0.1, -0.05) is 18.2 Å². The third-order valence-corrected chi connectivity index (χ3v) is 4.70. The van der Waals surface area contributed by atoms with E-state index in [9.17, 15) is 0 Å². The van der Waals surface area contributed by atoms with Crippen LogP contribution >= 0.6 is 22.6 Å². The van der Waals surface area contributed by atoms with E-state index in [-0.39, 0.29) is 0 Å². The van der Waals surface area contributed by atoms with Crippen LogP contribution in [-0.4, -0.2) is 19.3 Å². The second kappa shape index (κ2) is 7.59. The summed E-state index contributed by atoms with van der Waals surface area (Å²) in [5.74, 6) is 0. The average molecular weight is 392 g/mol. The molecule has 0 atom stereocenters. The van der Waals surface area contributed by atoms with Gasteiger partial charge in [-0.15, -0.1) is 0 Å². The smallest absolute Gasteiger partial charge is 0.0640 e. The number of aliphatic imine (C=N–C) groups is 1. The zero-order valence-corrected chi connectivity index (χ0v) is 15.0. The van der Waals surface area contributed by atoms with Crippen LogP contribution in [0.3, 0.4) is 0 Å². The Morgan fingerprint density at radius 1 is 1.05 bits per heavy atom. The van der Waals surface area contributed by atoms with Gasteiger partial charge in [0.05, 0.1) is 5.69 Å². The second-order valence-electron chi connectivity index (χ2n) is 4.96. The number of anilines is 1. The van der Waals surface area contributed by atoms with Gasteiger partial charge in [-0.25, -0.2) is 0 Å². The lowest BCUT2D eigenvalue weighted by atomic mass is 10.2. The molecular weight excluding hydrogens is 371 g/mol. The maximum absolute atomic E-state index is 4.55. The van der Waals surface area contributed by atoms with Crippen molar-refractivity contribution in [3.63, 3.8) is 0 Å². The van der Waals surface area contributed by atoms with Crippen molar-refractivity contribution in [1.82, 2.24) is 0 Å². The summed E-state index contributed by atoms with van der Waals surface area (Å²) in [6, 6.07) is 14.8.